The molecule has 0 bridgehead atoms. The van der Waals surface area contributed by atoms with Crippen molar-refractivity contribution in [3.05, 3.63) is 45.3 Å². The van der Waals surface area contributed by atoms with E-state index >= 15 is 0 Å². The van der Waals surface area contributed by atoms with Crippen LogP contribution in [0, 0.1) is 0 Å². The Morgan fingerprint density at radius 1 is 1.05 bits per heavy atom. The summed E-state index contributed by atoms with van der Waals surface area (Å²) >= 11 is 0. The number of hydrogen-bond donors (Lipinski definition) is 0. The van der Waals surface area contributed by atoms with Gasteiger partial charge in [-0.15, -0.1) is 0 Å². The van der Waals surface area contributed by atoms with E-state index in [0.29, 0.717) is 16.8 Å². The highest BCUT2D eigenvalue weighted by atomic mass is 16.3. The van der Waals surface area contributed by atoms with E-state index in [1.807, 2.05) is 6.07 Å². The molecule has 0 aliphatic heterocycles. The summed E-state index contributed by atoms with van der Waals surface area (Å²) in [5.74, 6) is 0.660. The highest BCUT2D eigenvalue weighted by Crippen LogP contribution is 2.24. The summed E-state index contributed by atoms with van der Waals surface area (Å²) in [6.07, 6.45) is 1.57. The molecule has 0 N–H and O–H groups in total. The average molecular weight is 259 g/mol. The van der Waals surface area contributed by atoms with E-state index in [1.165, 1.54) is 11.6 Å². The molecule has 6 nitrogen and oxygen atoms in total. The third-order valence-electron chi connectivity index (χ3n) is 3.43. The quantitative estimate of drug-likeness (QED) is 0.650. The molecule has 0 radical (unpaired) electrons. The molecule has 3 rings (SSSR count). The van der Waals surface area contributed by atoms with E-state index in [0.717, 1.165) is 10.3 Å². The molecule has 0 saturated carbocycles. The van der Waals surface area contributed by atoms with Crippen LogP contribution in [0.1, 0.15) is 0 Å². The van der Waals surface area contributed by atoms with Crippen molar-refractivity contribution in [1.82, 2.24) is 13.7 Å². The molecule has 0 atom stereocenters. The van der Waals surface area contributed by atoms with Crippen LogP contribution in [0.4, 0.5) is 0 Å². The summed E-state index contributed by atoms with van der Waals surface area (Å²) in [6, 6.07) is 5.39. The highest BCUT2D eigenvalue weighted by molar-refractivity contribution is 5.82. The zero-order valence-corrected chi connectivity index (χ0v) is 10.9. The van der Waals surface area contributed by atoms with Crippen molar-refractivity contribution in [2.24, 2.45) is 21.1 Å². The second kappa shape index (κ2) is 3.74. The molecule has 0 amide bonds. The fourth-order valence-corrected chi connectivity index (χ4v) is 2.33. The molecule has 0 saturated heterocycles. The van der Waals surface area contributed by atoms with Crippen LogP contribution in [0.15, 0.2) is 38.5 Å². The van der Waals surface area contributed by atoms with Crippen LogP contribution < -0.4 is 11.2 Å². The number of nitrogens with zero attached hydrogens (tertiary/aromatic N) is 3. The van der Waals surface area contributed by atoms with Gasteiger partial charge in [-0.05, 0) is 18.2 Å². The molecule has 6 heteroatoms. The Balaban J connectivity index is 2.53. The zero-order valence-electron chi connectivity index (χ0n) is 10.9. The van der Waals surface area contributed by atoms with Gasteiger partial charge in [-0.2, -0.15) is 0 Å². The van der Waals surface area contributed by atoms with Crippen LogP contribution in [0.25, 0.3) is 22.5 Å². The first-order valence-electron chi connectivity index (χ1n) is 5.81. The molecule has 0 aliphatic carbocycles. The van der Waals surface area contributed by atoms with Crippen molar-refractivity contribution in [1.29, 1.82) is 0 Å². The summed E-state index contributed by atoms with van der Waals surface area (Å²) in [5.41, 5.74) is 1.20. The Hall–Kier alpha value is -2.50. The predicted octanol–water partition coefficient (Wildman–Crippen LogP) is 0.836. The zero-order chi connectivity index (χ0) is 13.7. The minimum atomic E-state index is -0.339. The van der Waals surface area contributed by atoms with Crippen LogP contribution in [0.5, 0.6) is 0 Å². The van der Waals surface area contributed by atoms with Gasteiger partial charge in [0.2, 0.25) is 0 Å². The van der Waals surface area contributed by atoms with Crippen molar-refractivity contribution in [2.45, 2.75) is 0 Å². The first-order chi connectivity index (χ1) is 9.02. The van der Waals surface area contributed by atoms with Crippen LogP contribution in [-0.2, 0) is 21.1 Å². The molecule has 3 aromatic rings. The lowest BCUT2D eigenvalue weighted by atomic mass is 10.3. The van der Waals surface area contributed by atoms with E-state index in [2.05, 4.69) is 0 Å². The Morgan fingerprint density at radius 3 is 2.42 bits per heavy atom. The van der Waals surface area contributed by atoms with Crippen LogP contribution in [-0.4, -0.2) is 13.7 Å². The van der Waals surface area contributed by atoms with Gasteiger partial charge in [0, 0.05) is 21.1 Å². The van der Waals surface area contributed by atoms with Gasteiger partial charge in [0.25, 0.3) is 5.56 Å². The minimum absolute atomic E-state index is 0.307. The number of furan rings is 1. The summed E-state index contributed by atoms with van der Waals surface area (Å²) in [4.78, 5) is 24.1. The average Bonchev–Trinajstić information content (AvgIpc) is 3.01. The number of hydrogen-bond acceptors (Lipinski definition) is 3. The third kappa shape index (κ3) is 1.43. The molecular formula is C13H13N3O3. The molecule has 98 valence electrons. The second-order valence-corrected chi connectivity index (χ2v) is 4.51. The van der Waals surface area contributed by atoms with E-state index in [9.17, 15) is 9.59 Å². The van der Waals surface area contributed by atoms with E-state index < -0.39 is 0 Å². The molecular weight excluding hydrogens is 246 g/mol. The number of fused-ring (bicyclic) bond motifs is 1. The molecule has 0 fully saturated rings. The molecule has 0 aromatic carbocycles. The maximum Gasteiger partial charge on any atom is 0.331 e. The molecule has 3 aromatic heterocycles. The van der Waals surface area contributed by atoms with Gasteiger partial charge in [0.1, 0.15) is 11.3 Å². The lowest BCUT2D eigenvalue weighted by Crippen LogP contribution is -2.37. The van der Waals surface area contributed by atoms with Gasteiger partial charge >= 0.3 is 5.69 Å². The Labute approximate surface area is 108 Å². The van der Waals surface area contributed by atoms with Gasteiger partial charge in [0.15, 0.2) is 0 Å². The fourth-order valence-electron chi connectivity index (χ4n) is 2.33. The van der Waals surface area contributed by atoms with E-state index in [1.54, 1.807) is 37.1 Å². The predicted molar refractivity (Wildman–Crippen MR) is 71.1 cm³/mol. The topological polar surface area (TPSA) is 62.1 Å². The molecule has 0 spiro atoms. The van der Waals surface area contributed by atoms with Gasteiger partial charge in [0.05, 0.1) is 17.5 Å². The summed E-state index contributed by atoms with van der Waals surface area (Å²) in [6.45, 7) is 0. The van der Waals surface area contributed by atoms with Crippen molar-refractivity contribution in [2.75, 3.05) is 0 Å². The smallest absolute Gasteiger partial charge is 0.331 e. The number of aryl methyl sites for hydroxylation is 2. The normalized spacial score (nSPS) is 11.3. The van der Waals surface area contributed by atoms with E-state index in [-0.39, 0.29) is 11.2 Å². The van der Waals surface area contributed by atoms with E-state index in [4.69, 9.17) is 4.42 Å². The maximum atomic E-state index is 12.2. The number of aromatic nitrogens is 3. The molecule has 3 heterocycles. The lowest BCUT2D eigenvalue weighted by Gasteiger charge is -2.04. The van der Waals surface area contributed by atoms with Gasteiger partial charge in [-0.1, -0.05) is 0 Å². The van der Waals surface area contributed by atoms with Crippen molar-refractivity contribution < 1.29 is 4.42 Å². The van der Waals surface area contributed by atoms with Crippen LogP contribution >= 0.6 is 0 Å². The highest BCUT2D eigenvalue weighted by Gasteiger charge is 2.17. The van der Waals surface area contributed by atoms with Gasteiger partial charge < -0.3 is 8.98 Å². The maximum absolute atomic E-state index is 12.2. The molecule has 0 unspecified atom stereocenters. The Morgan fingerprint density at radius 2 is 1.79 bits per heavy atom. The van der Waals surface area contributed by atoms with Crippen LogP contribution in [0.3, 0.4) is 0 Å². The Kier molecular flexibility index (Phi) is 2.28. The lowest BCUT2D eigenvalue weighted by molar-refractivity contribution is 0.577. The van der Waals surface area contributed by atoms with Crippen molar-refractivity contribution in [3.63, 3.8) is 0 Å². The SMILES string of the molecule is Cn1c(=O)c2c(cc(-c3ccco3)n2C)n(C)c1=O. The van der Waals surface area contributed by atoms with Gasteiger partial charge in [-0.3, -0.25) is 13.9 Å². The summed E-state index contributed by atoms with van der Waals surface area (Å²) in [7, 11) is 4.91. The second-order valence-electron chi connectivity index (χ2n) is 4.51. The standard InChI is InChI=1S/C13H13N3O3/c1-14-8(10-5-4-6-19-10)7-9-11(14)12(17)16(3)13(18)15(9)2/h4-7H,1-3H3. The largest absolute Gasteiger partial charge is 0.463 e. The first-order valence-corrected chi connectivity index (χ1v) is 5.81. The van der Waals surface area contributed by atoms with Gasteiger partial charge in [-0.25, -0.2) is 4.79 Å². The van der Waals surface area contributed by atoms with Crippen molar-refractivity contribution >= 4 is 11.0 Å². The first kappa shape index (κ1) is 11.6. The third-order valence-corrected chi connectivity index (χ3v) is 3.43. The Bertz CT molecular complexity index is 879. The molecule has 0 aliphatic rings. The fraction of sp³-hybridized carbons (Fsp3) is 0.231. The minimum Gasteiger partial charge on any atom is -0.463 e. The monoisotopic (exact) mass is 259 g/mol. The summed E-state index contributed by atoms with van der Waals surface area (Å²) < 4.78 is 9.67. The molecule has 19 heavy (non-hydrogen) atoms. The van der Waals surface area contributed by atoms with Crippen LogP contribution in [0.2, 0.25) is 0 Å². The number of rotatable bonds is 1. The summed E-state index contributed by atoms with van der Waals surface area (Å²) in [5, 5.41) is 0. The van der Waals surface area contributed by atoms with Crippen molar-refractivity contribution in [3.8, 4) is 11.5 Å².